The van der Waals surface area contributed by atoms with E-state index in [9.17, 15) is 10.1 Å². The van der Waals surface area contributed by atoms with Crippen molar-refractivity contribution in [2.45, 2.75) is 23.9 Å². The summed E-state index contributed by atoms with van der Waals surface area (Å²) in [6, 6.07) is 26.9. The number of halogens is 1. The van der Waals surface area contributed by atoms with E-state index in [2.05, 4.69) is 28.4 Å². The Morgan fingerprint density at radius 3 is 2.54 bits per heavy atom. The first kappa shape index (κ1) is 26.5. The zero-order valence-corrected chi connectivity index (χ0v) is 22.9. The average Bonchev–Trinajstić information content (AvgIpc) is 3.31. The molecule has 1 atom stereocenters. The van der Waals surface area contributed by atoms with E-state index in [4.69, 9.17) is 21.1 Å². The van der Waals surface area contributed by atoms with Crippen LogP contribution in [0.25, 0.3) is 16.5 Å². The number of benzene rings is 4. The Morgan fingerprint density at radius 1 is 1.00 bits per heavy atom. The second kappa shape index (κ2) is 11.8. The Bertz CT molecular complexity index is 1620. The first-order chi connectivity index (χ1) is 18.9. The van der Waals surface area contributed by atoms with Crippen LogP contribution in [0, 0.1) is 17.0 Å². The summed E-state index contributed by atoms with van der Waals surface area (Å²) >= 11 is 7.33. The van der Waals surface area contributed by atoms with Gasteiger partial charge in [-0.05, 0) is 65.2 Å². The number of thioether (sulfide) groups is 1. The summed E-state index contributed by atoms with van der Waals surface area (Å²) in [6.07, 6.45) is 0. The summed E-state index contributed by atoms with van der Waals surface area (Å²) in [5, 5.41) is 23.0. The third-order valence-electron chi connectivity index (χ3n) is 6.27. The Morgan fingerprint density at radius 2 is 1.77 bits per heavy atom. The maximum atomic E-state index is 11.6. The molecule has 39 heavy (non-hydrogen) atoms. The van der Waals surface area contributed by atoms with Crippen LogP contribution in [0.5, 0.6) is 11.5 Å². The van der Waals surface area contributed by atoms with E-state index in [1.54, 1.807) is 31.4 Å². The van der Waals surface area contributed by atoms with Gasteiger partial charge in [0.1, 0.15) is 17.7 Å². The number of nitro groups is 1. The van der Waals surface area contributed by atoms with Crippen LogP contribution in [0.3, 0.4) is 0 Å². The highest BCUT2D eigenvalue weighted by Gasteiger charge is 2.25. The van der Waals surface area contributed by atoms with Gasteiger partial charge in [0.15, 0.2) is 16.7 Å². The van der Waals surface area contributed by atoms with Crippen LogP contribution in [-0.2, 0) is 6.61 Å². The molecule has 8 nitrogen and oxygen atoms in total. The molecule has 0 saturated carbocycles. The van der Waals surface area contributed by atoms with Crippen molar-refractivity contribution in [2.75, 3.05) is 13.7 Å². The quantitative estimate of drug-likeness (QED) is 0.102. The maximum Gasteiger partial charge on any atom is 0.220 e. The van der Waals surface area contributed by atoms with Crippen LogP contribution >= 0.6 is 23.4 Å². The molecule has 5 rings (SSSR count). The van der Waals surface area contributed by atoms with E-state index in [-0.39, 0.29) is 11.5 Å². The molecule has 0 aliphatic carbocycles. The molecular formula is C29H25ClN4O4S. The molecule has 0 N–H and O–H groups in total. The van der Waals surface area contributed by atoms with Crippen LogP contribution < -0.4 is 9.47 Å². The molecular weight excluding hydrogens is 536 g/mol. The van der Waals surface area contributed by atoms with Crippen LogP contribution in [0.1, 0.15) is 22.2 Å². The minimum absolute atomic E-state index is 0.309. The first-order valence-electron chi connectivity index (χ1n) is 12.2. The fourth-order valence-corrected chi connectivity index (χ4v) is 5.65. The van der Waals surface area contributed by atoms with Crippen molar-refractivity contribution in [1.82, 2.24) is 14.8 Å². The lowest BCUT2D eigenvalue weighted by Gasteiger charge is -2.17. The third-order valence-corrected chi connectivity index (χ3v) is 7.70. The molecule has 0 radical (unpaired) electrons. The molecule has 1 aromatic heterocycles. The van der Waals surface area contributed by atoms with Crippen LogP contribution in [-0.4, -0.2) is 33.3 Å². The fraction of sp³-hybridized carbons (Fsp3) is 0.172. The fourth-order valence-electron chi connectivity index (χ4n) is 4.36. The monoisotopic (exact) mass is 560 g/mol. The van der Waals surface area contributed by atoms with Gasteiger partial charge in [-0.3, -0.25) is 14.7 Å². The summed E-state index contributed by atoms with van der Waals surface area (Å²) in [6.45, 7) is 1.88. The smallest absolute Gasteiger partial charge is 0.220 e. The highest BCUT2D eigenvalue weighted by molar-refractivity contribution is 7.99. The van der Waals surface area contributed by atoms with E-state index >= 15 is 0 Å². The molecule has 0 spiro atoms. The van der Waals surface area contributed by atoms with Gasteiger partial charge in [0.05, 0.1) is 7.11 Å². The number of aromatic nitrogens is 3. The maximum absolute atomic E-state index is 11.6. The Hall–Kier alpha value is -4.08. The molecule has 1 heterocycles. The predicted octanol–water partition coefficient (Wildman–Crippen LogP) is 7.08. The van der Waals surface area contributed by atoms with Crippen molar-refractivity contribution in [3.05, 3.63) is 117 Å². The molecule has 198 valence electrons. The van der Waals surface area contributed by atoms with Gasteiger partial charge in [-0.15, -0.1) is 10.2 Å². The number of hydrogen-bond donors (Lipinski definition) is 0. The lowest BCUT2D eigenvalue weighted by atomic mass is 10.1. The molecule has 0 saturated heterocycles. The Labute approximate surface area is 234 Å². The summed E-state index contributed by atoms with van der Waals surface area (Å²) in [5.74, 6) is 1.71. The van der Waals surface area contributed by atoms with Crippen molar-refractivity contribution in [3.63, 3.8) is 0 Å². The van der Waals surface area contributed by atoms with E-state index in [0.717, 1.165) is 27.6 Å². The average molecular weight is 561 g/mol. The van der Waals surface area contributed by atoms with Gasteiger partial charge in [0.2, 0.25) is 6.54 Å². The Kier molecular flexibility index (Phi) is 7.99. The van der Waals surface area contributed by atoms with Gasteiger partial charge in [0.25, 0.3) is 0 Å². The van der Waals surface area contributed by atoms with Crippen molar-refractivity contribution in [1.29, 1.82) is 0 Å². The number of ether oxygens (including phenoxy) is 2. The lowest BCUT2D eigenvalue weighted by Crippen LogP contribution is -2.11. The molecule has 0 aliphatic heterocycles. The lowest BCUT2D eigenvalue weighted by molar-refractivity contribution is -0.479. The van der Waals surface area contributed by atoms with Crippen molar-refractivity contribution in [2.24, 2.45) is 0 Å². The Balaban J connectivity index is 1.41. The normalized spacial score (nSPS) is 11.9. The van der Waals surface area contributed by atoms with Crippen molar-refractivity contribution in [3.8, 4) is 17.2 Å². The second-order valence-electron chi connectivity index (χ2n) is 8.80. The highest BCUT2D eigenvalue weighted by Crippen LogP contribution is 2.40. The van der Waals surface area contributed by atoms with Gasteiger partial charge in [-0.25, -0.2) is 0 Å². The predicted molar refractivity (Wildman–Crippen MR) is 153 cm³/mol. The molecule has 0 unspecified atom stereocenters. The number of methoxy groups -OCH3 is 1. The highest BCUT2D eigenvalue weighted by atomic mass is 35.5. The number of fused-ring (bicyclic) bond motifs is 1. The summed E-state index contributed by atoms with van der Waals surface area (Å²) < 4.78 is 13.6. The molecule has 0 bridgehead atoms. The van der Waals surface area contributed by atoms with Crippen LogP contribution in [0.2, 0.25) is 5.02 Å². The number of hydrogen-bond acceptors (Lipinski definition) is 7. The van der Waals surface area contributed by atoms with Gasteiger partial charge < -0.3 is 9.47 Å². The molecule has 0 aliphatic rings. The summed E-state index contributed by atoms with van der Waals surface area (Å²) in [5.41, 5.74) is 2.59. The number of aryl methyl sites for hydroxylation is 1. The summed E-state index contributed by atoms with van der Waals surface area (Å²) in [7, 11) is 1.56. The molecule has 0 fully saturated rings. The first-order valence-corrected chi connectivity index (χ1v) is 13.4. The van der Waals surface area contributed by atoms with Gasteiger partial charge >= 0.3 is 0 Å². The minimum Gasteiger partial charge on any atom is -0.493 e. The standard InChI is InChI=1S/C29H25ClN4O4S/c1-19-31-32-29(34(19)24-13-11-23(30)12-14-24)39-28(17-33(35)36)21-10-15-26(27(16-21)37-2)38-18-22-8-5-7-20-6-3-4-9-25(20)22/h3-16,28H,17-18H2,1-2H3/t28-/m0/s1. The third kappa shape index (κ3) is 6.00. The van der Waals surface area contributed by atoms with Gasteiger partial charge in [-0.1, -0.05) is 71.9 Å². The topological polar surface area (TPSA) is 92.3 Å². The van der Waals surface area contributed by atoms with Crippen LogP contribution in [0.4, 0.5) is 0 Å². The largest absolute Gasteiger partial charge is 0.493 e. The van der Waals surface area contributed by atoms with Gasteiger partial charge in [0, 0.05) is 15.6 Å². The zero-order valence-electron chi connectivity index (χ0n) is 21.3. The van der Waals surface area contributed by atoms with E-state index in [1.165, 1.54) is 11.8 Å². The molecule has 0 amide bonds. The van der Waals surface area contributed by atoms with Crippen molar-refractivity contribution >= 4 is 34.1 Å². The van der Waals surface area contributed by atoms with Crippen molar-refractivity contribution < 1.29 is 14.4 Å². The summed E-state index contributed by atoms with van der Waals surface area (Å²) in [4.78, 5) is 11.3. The number of rotatable bonds is 10. The SMILES string of the molecule is COc1cc([C@H](C[N+](=O)[O-])Sc2nnc(C)n2-c2ccc(Cl)cc2)ccc1OCc1cccc2ccccc12. The van der Waals surface area contributed by atoms with Gasteiger partial charge in [-0.2, -0.15) is 0 Å². The molecule has 4 aromatic carbocycles. The molecule has 5 aromatic rings. The van der Waals surface area contributed by atoms with E-state index in [1.807, 2.05) is 54.0 Å². The molecule has 10 heteroatoms. The number of nitrogens with zero attached hydrogens (tertiary/aromatic N) is 4. The van der Waals surface area contributed by atoms with Crippen LogP contribution in [0.15, 0.2) is 90.1 Å². The second-order valence-corrected chi connectivity index (χ2v) is 10.4. The minimum atomic E-state index is -0.546. The zero-order chi connectivity index (χ0) is 27.4. The van der Waals surface area contributed by atoms with E-state index < -0.39 is 5.25 Å². The van der Waals surface area contributed by atoms with E-state index in [0.29, 0.717) is 34.1 Å².